The molecule has 0 heterocycles. The zero-order valence-electron chi connectivity index (χ0n) is 10.0. The van der Waals surface area contributed by atoms with Crippen LogP contribution in [0, 0.1) is 13.8 Å². The molecule has 0 fully saturated rings. The van der Waals surface area contributed by atoms with E-state index in [-0.39, 0.29) is 6.23 Å². The summed E-state index contributed by atoms with van der Waals surface area (Å²) in [5.41, 5.74) is 3.44. The van der Waals surface area contributed by atoms with E-state index in [4.69, 9.17) is 9.47 Å². The van der Waals surface area contributed by atoms with E-state index in [1.54, 1.807) is 14.2 Å². The van der Waals surface area contributed by atoms with Gasteiger partial charge in [-0.2, -0.15) is 0 Å². The van der Waals surface area contributed by atoms with Crippen LogP contribution in [0.4, 0.5) is 0 Å². The topological polar surface area (TPSA) is 30.5 Å². The number of aryl methyl sites for hydroxylation is 2. The Balaban J connectivity index is 3.14. The van der Waals surface area contributed by atoms with Crippen molar-refractivity contribution in [2.24, 2.45) is 0 Å². The Kier molecular flexibility index (Phi) is 4.12. The number of methoxy groups -OCH3 is 2. The molecule has 0 bridgehead atoms. The summed E-state index contributed by atoms with van der Waals surface area (Å²) in [6.07, 6.45) is -0.0605. The quantitative estimate of drug-likeness (QED) is 0.771. The number of rotatable bonds is 4. The molecule has 1 unspecified atom stereocenters. The molecule has 0 aromatic heterocycles. The lowest BCUT2D eigenvalue weighted by Crippen LogP contribution is -2.19. The average molecular weight is 209 g/mol. The second-order valence-corrected chi connectivity index (χ2v) is 3.58. The minimum Gasteiger partial charge on any atom is -0.496 e. The number of hydrogen-bond acceptors (Lipinski definition) is 3. The van der Waals surface area contributed by atoms with Gasteiger partial charge in [-0.25, -0.2) is 0 Å². The molecule has 0 radical (unpaired) electrons. The standard InChI is InChI=1S/C12H19NO2/c1-8-7-11(14-4)9(2)6-10(8)12(13-3)15-5/h6-7,12-13H,1-5H3. The summed E-state index contributed by atoms with van der Waals surface area (Å²) in [5, 5.41) is 3.11. The highest BCUT2D eigenvalue weighted by Crippen LogP contribution is 2.26. The lowest BCUT2D eigenvalue weighted by molar-refractivity contribution is 0.0803. The first-order valence-electron chi connectivity index (χ1n) is 4.99. The van der Waals surface area contributed by atoms with Gasteiger partial charge in [-0.1, -0.05) is 0 Å². The molecule has 0 aliphatic carbocycles. The number of benzene rings is 1. The Hall–Kier alpha value is -1.06. The maximum absolute atomic E-state index is 5.34. The van der Waals surface area contributed by atoms with Crippen LogP contribution in [0.5, 0.6) is 5.75 Å². The van der Waals surface area contributed by atoms with Gasteiger partial charge in [-0.15, -0.1) is 0 Å². The third-order valence-corrected chi connectivity index (χ3v) is 2.56. The summed E-state index contributed by atoms with van der Waals surface area (Å²) in [5.74, 6) is 0.919. The van der Waals surface area contributed by atoms with Gasteiger partial charge in [-0.3, -0.25) is 5.32 Å². The van der Waals surface area contributed by atoms with Crippen LogP contribution in [-0.2, 0) is 4.74 Å². The van der Waals surface area contributed by atoms with Gasteiger partial charge in [0.15, 0.2) is 0 Å². The molecule has 0 saturated heterocycles. The molecule has 84 valence electrons. The molecule has 0 amide bonds. The summed E-state index contributed by atoms with van der Waals surface area (Å²) < 4.78 is 10.6. The van der Waals surface area contributed by atoms with Gasteiger partial charge in [0.2, 0.25) is 0 Å². The van der Waals surface area contributed by atoms with Crippen LogP contribution in [0.25, 0.3) is 0 Å². The van der Waals surface area contributed by atoms with Crippen LogP contribution in [0.15, 0.2) is 12.1 Å². The van der Waals surface area contributed by atoms with E-state index in [0.717, 1.165) is 16.9 Å². The minimum atomic E-state index is -0.0605. The Morgan fingerprint density at radius 2 is 1.80 bits per heavy atom. The Bertz CT molecular complexity index is 333. The summed E-state index contributed by atoms with van der Waals surface area (Å²) in [7, 11) is 5.26. The average Bonchev–Trinajstić information content (AvgIpc) is 2.24. The fourth-order valence-corrected chi connectivity index (χ4v) is 1.71. The zero-order chi connectivity index (χ0) is 11.4. The second kappa shape index (κ2) is 5.14. The SMILES string of the molecule is CNC(OC)c1cc(C)c(OC)cc1C. The zero-order valence-corrected chi connectivity index (χ0v) is 10.0. The van der Waals surface area contributed by atoms with Crippen molar-refractivity contribution in [1.82, 2.24) is 5.32 Å². The van der Waals surface area contributed by atoms with Crippen molar-refractivity contribution in [3.8, 4) is 5.75 Å². The lowest BCUT2D eigenvalue weighted by Gasteiger charge is -2.19. The van der Waals surface area contributed by atoms with Gasteiger partial charge >= 0.3 is 0 Å². The van der Waals surface area contributed by atoms with Gasteiger partial charge in [-0.05, 0) is 49.7 Å². The molecule has 1 N–H and O–H groups in total. The summed E-state index contributed by atoms with van der Waals surface area (Å²) in [4.78, 5) is 0. The number of hydrogen-bond donors (Lipinski definition) is 1. The molecule has 1 atom stereocenters. The largest absolute Gasteiger partial charge is 0.496 e. The molecule has 0 aliphatic rings. The van der Waals surface area contributed by atoms with Gasteiger partial charge < -0.3 is 9.47 Å². The summed E-state index contributed by atoms with van der Waals surface area (Å²) in [6.45, 7) is 4.09. The molecule has 1 aromatic carbocycles. The fourth-order valence-electron chi connectivity index (χ4n) is 1.71. The van der Waals surface area contributed by atoms with Crippen molar-refractivity contribution >= 4 is 0 Å². The second-order valence-electron chi connectivity index (χ2n) is 3.58. The maximum atomic E-state index is 5.34. The molecule has 0 spiro atoms. The molecular weight excluding hydrogens is 190 g/mol. The molecular formula is C12H19NO2. The summed E-state index contributed by atoms with van der Waals surface area (Å²) in [6, 6.07) is 4.13. The fraction of sp³-hybridized carbons (Fsp3) is 0.500. The molecule has 3 heteroatoms. The predicted molar refractivity (Wildman–Crippen MR) is 61.3 cm³/mol. The molecule has 1 rings (SSSR count). The van der Waals surface area contributed by atoms with Crippen LogP contribution in [0.3, 0.4) is 0 Å². The third-order valence-electron chi connectivity index (χ3n) is 2.56. The lowest BCUT2D eigenvalue weighted by atomic mass is 10.0. The molecule has 15 heavy (non-hydrogen) atoms. The molecule has 0 aliphatic heterocycles. The van der Waals surface area contributed by atoms with E-state index in [9.17, 15) is 0 Å². The van der Waals surface area contributed by atoms with Gasteiger partial charge in [0.25, 0.3) is 0 Å². The maximum Gasteiger partial charge on any atom is 0.133 e. The highest BCUT2D eigenvalue weighted by Gasteiger charge is 2.12. The van der Waals surface area contributed by atoms with Gasteiger partial charge in [0.1, 0.15) is 12.0 Å². The van der Waals surface area contributed by atoms with Crippen molar-refractivity contribution in [3.63, 3.8) is 0 Å². The molecule has 3 nitrogen and oxygen atoms in total. The van der Waals surface area contributed by atoms with Crippen LogP contribution in [0.2, 0.25) is 0 Å². The van der Waals surface area contributed by atoms with Crippen molar-refractivity contribution in [2.45, 2.75) is 20.1 Å². The normalized spacial score (nSPS) is 12.6. The molecule has 1 aromatic rings. The van der Waals surface area contributed by atoms with Crippen LogP contribution in [0.1, 0.15) is 22.9 Å². The van der Waals surface area contributed by atoms with E-state index in [2.05, 4.69) is 18.3 Å². The molecule has 0 saturated carbocycles. The van der Waals surface area contributed by atoms with Crippen LogP contribution >= 0.6 is 0 Å². The predicted octanol–water partition coefficient (Wildman–Crippen LogP) is 2.18. The van der Waals surface area contributed by atoms with Crippen LogP contribution < -0.4 is 10.1 Å². The van der Waals surface area contributed by atoms with E-state index in [1.807, 2.05) is 20.0 Å². The van der Waals surface area contributed by atoms with E-state index in [1.165, 1.54) is 5.56 Å². The van der Waals surface area contributed by atoms with E-state index in [0.29, 0.717) is 0 Å². The highest BCUT2D eigenvalue weighted by atomic mass is 16.5. The first kappa shape index (κ1) is 12.0. The number of ether oxygens (including phenoxy) is 2. The van der Waals surface area contributed by atoms with Crippen molar-refractivity contribution in [1.29, 1.82) is 0 Å². The Labute approximate surface area is 91.4 Å². The van der Waals surface area contributed by atoms with Crippen molar-refractivity contribution in [3.05, 3.63) is 28.8 Å². The third kappa shape index (κ3) is 2.49. The van der Waals surface area contributed by atoms with Gasteiger partial charge in [0, 0.05) is 7.11 Å². The summed E-state index contributed by atoms with van der Waals surface area (Å²) >= 11 is 0. The van der Waals surface area contributed by atoms with Crippen molar-refractivity contribution < 1.29 is 9.47 Å². The first-order valence-corrected chi connectivity index (χ1v) is 4.99. The van der Waals surface area contributed by atoms with Crippen LogP contribution in [-0.4, -0.2) is 21.3 Å². The Morgan fingerprint density at radius 1 is 1.13 bits per heavy atom. The van der Waals surface area contributed by atoms with Gasteiger partial charge in [0.05, 0.1) is 7.11 Å². The monoisotopic (exact) mass is 209 g/mol. The van der Waals surface area contributed by atoms with E-state index < -0.39 is 0 Å². The smallest absolute Gasteiger partial charge is 0.133 e. The number of nitrogens with one attached hydrogen (secondary N) is 1. The Morgan fingerprint density at radius 3 is 2.27 bits per heavy atom. The van der Waals surface area contributed by atoms with Crippen molar-refractivity contribution in [2.75, 3.05) is 21.3 Å². The van der Waals surface area contributed by atoms with E-state index >= 15 is 0 Å². The highest BCUT2D eigenvalue weighted by molar-refractivity contribution is 5.42. The minimum absolute atomic E-state index is 0.0605. The first-order chi connectivity index (χ1) is 7.13.